The highest BCUT2D eigenvalue weighted by atomic mass is 128. The summed E-state index contributed by atoms with van der Waals surface area (Å²) in [5.74, 6) is 0.333. The lowest BCUT2D eigenvalue weighted by atomic mass is 10.1. The Bertz CT molecular complexity index is 1790. The van der Waals surface area contributed by atoms with E-state index < -0.39 is 0 Å². The molecule has 6 rings (SSSR count). The fraction of sp³-hybridized carbons (Fsp3) is 0.289. The van der Waals surface area contributed by atoms with Crippen molar-refractivity contribution >= 4 is 98.3 Å². The highest BCUT2D eigenvalue weighted by Crippen LogP contribution is 2.40. The number of esters is 1. The number of benzene rings is 4. The molecule has 2 saturated heterocycles. The summed E-state index contributed by atoms with van der Waals surface area (Å²) in [4.78, 5) is 31.8. The second-order valence-electron chi connectivity index (χ2n) is 12.1. The fourth-order valence-electron chi connectivity index (χ4n) is 6.13. The normalized spacial score (nSPS) is 18.7. The van der Waals surface area contributed by atoms with Gasteiger partial charge in [-0.25, -0.2) is 8.78 Å². The minimum absolute atomic E-state index is 0. The first-order chi connectivity index (χ1) is 26.1. The molecule has 298 valence electrons. The summed E-state index contributed by atoms with van der Waals surface area (Å²) in [5, 5.41) is 0. The van der Waals surface area contributed by atoms with Gasteiger partial charge in [-0.1, -0.05) is 79.4 Å². The van der Waals surface area contributed by atoms with Gasteiger partial charge in [-0.2, -0.15) is 0 Å². The molecule has 4 aromatic carbocycles. The molecule has 17 heteroatoms. The van der Waals surface area contributed by atoms with Crippen molar-refractivity contribution < 1.29 is 37.4 Å². The average molecular weight is 1130 g/mol. The first-order valence-electron chi connectivity index (χ1n) is 16.7. The van der Waals surface area contributed by atoms with E-state index in [1.54, 1.807) is 36.4 Å². The average Bonchev–Trinajstić information content (AvgIpc) is 3.78. The topological polar surface area (TPSA) is 137 Å². The summed E-state index contributed by atoms with van der Waals surface area (Å²) in [6, 6.07) is 28.4. The smallest absolute Gasteiger partial charge is 0.323 e. The molecule has 2 fully saturated rings. The monoisotopic (exact) mass is 1130 g/mol. The zero-order valence-corrected chi connectivity index (χ0v) is 38.9. The molecular weight excluding hydrogens is 1090 g/mol. The van der Waals surface area contributed by atoms with Crippen molar-refractivity contribution in [3.05, 3.63) is 131 Å². The quantitative estimate of drug-likeness (QED) is 0.0698. The highest BCUT2D eigenvalue weighted by molar-refractivity contribution is 15.0. The Kier molecular flexibility index (Phi) is 23.0. The molecule has 4 N–H and O–H groups in total. The maximum atomic E-state index is 13.6. The van der Waals surface area contributed by atoms with Gasteiger partial charge in [-0.15, -0.1) is 24.0 Å². The number of rotatable bonds is 10. The van der Waals surface area contributed by atoms with Crippen molar-refractivity contribution in [3.8, 4) is 11.5 Å². The van der Waals surface area contributed by atoms with Crippen LogP contribution in [0.2, 0.25) is 0 Å². The lowest BCUT2D eigenvalue weighted by Crippen LogP contribution is -2.35. The van der Waals surface area contributed by atoms with E-state index in [1.165, 1.54) is 19.2 Å². The number of carbonyl (C=O) groups excluding carboxylic acids is 3. The standard InChI is InChI=1S/C19H21FNO3P.C18H20FN2O2P.CH3NO.I2.HI/c1-23-19(22)18-11-10-17(21(18)25)13-6-8-15(9-7-13)24-12-14-4-2-3-5-16(14)20;19-15-4-2-1-3-13(15)11-23-14-7-5-12(6-8-14)16-9-10-17(18(20)22)21(16)24;2-1-3;1-2;/h2-9,17-18H,10-12,25H2,1H3;1-8,16-17H,9-11,24H2,(H2,20,22);1H,(H2,2,3);;1H/t17-,18+;16-,17+;;;/m11.../s1. The fourth-order valence-corrected chi connectivity index (χ4v) is 7.34. The van der Waals surface area contributed by atoms with Crippen LogP contribution in [0.5, 0.6) is 11.5 Å². The largest absolute Gasteiger partial charge is 0.489 e. The summed E-state index contributed by atoms with van der Waals surface area (Å²) < 4.78 is 47.3. The summed E-state index contributed by atoms with van der Waals surface area (Å²) in [5.41, 5.74) is 12.8. The van der Waals surface area contributed by atoms with Crippen LogP contribution in [0, 0.1) is 11.6 Å². The van der Waals surface area contributed by atoms with Crippen LogP contribution in [-0.4, -0.2) is 46.8 Å². The molecule has 0 bridgehead atoms. The van der Waals surface area contributed by atoms with Crippen LogP contribution in [0.4, 0.5) is 8.78 Å². The number of hydrogen-bond donors (Lipinski definition) is 2. The van der Waals surface area contributed by atoms with E-state index in [0.29, 0.717) is 22.6 Å². The first kappa shape index (κ1) is 48.9. The number of amides is 2. The molecule has 4 aromatic rings. The lowest BCUT2D eigenvalue weighted by molar-refractivity contribution is -0.144. The van der Waals surface area contributed by atoms with E-state index in [0.717, 1.165) is 36.8 Å². The maximum Gasteiger partial charge on any atom is 0.323 e. The van der Waals surface area contributed by atoms with Crippen molar-refractivity contribution in [1.29, 1.82) is 0 Å². The first-order valence-corrected chi connectivity index (χ1v) is 24.0. The van der Waals surface area contributed by atoms with Gasteiger partial charge in [0.15, 0.2) is 0 Å². The molecule has 0 aromatic heterocycles. The van der Waals surface area contributed by atoms with Crippen LogP contribution >= 0.6 is 80.0 Å². The molecule has 2 amide bonds. The second kappa shape index (κ2) is 25.9. The summed E-state index contributed by atoms with van der Waals surface area (Å²) in [6.07, 6.45) is 3.55. The van der Waals surface area contributed by atoms with E-state index in [-0.39, 0.29) is 91.3 Å². The molecule has 55 heavy (non-hydrogen) atoms. The van der Waals surface area contributed by atoms with Crippen molar-refractivity contribution in [3.63, 3.8) is 0 Å². The number of carbonyl (C=O) groups is 3. The Labute approximate surface area is 366 Å². The number of ether oxygens (including phenoxy) is 3. The number of nitrogens with zero attached hydrogens (tertiary/aromatic N) is 2. The predicted molar refractivity (Wildman–Crippen MR) is 244 cm³/mol. The predicted octanol–water partition coefficient (Wildman–Crippen LogP) is 8.55. The molecule has 2 heterocycles. The van der Waals surface area contributed by atoms with E-state index >= 15 is 0 Å². The Morgan fingerprint density at radius 3 is 1.44 bits per heavy atom. The van der Waals surface area contributed by atoms with Crippen molar-refractivity contribution in [2.75, 3.05) is 7.11 Å². The van der Waals surface area contributed by atoms with E-state index in [4.69, 9.17) is 24.7 Å². The lowest BCUT2D eigenvalue weighted by Gasteiger charge is -2.24. The van der Waals surface area contributed by atoms with E-state index in [9.17, 15) is 18.4 Å². The van der Waals surface area contributed by atoms with Crippen LogP contribution in [0.25, 0.3) is 0 Å². The Balaban J connectivity index is 0.000000335. The van der Waals surface area contributed by atoms with Crippen molar-refractivity contribution in [2.45, 2.75) is 63.1 Å². The molecule has 0 saturated carbocycles. The molecule has 0 radical (unpaired) electrons. The van der Waals surface area contributed by atoms with Crippen LogP contribution in [-0.2, 0) is 32.3 Å². The second-order valence-corrected chi connectivity index (χ2v) is 13.3. The van der Waals surface area contributed by atoms with Crippen LogP contribution in [0.3, 0.4) is 0 Å². The minimum atomic E-state index is -0.294. The number of nitrogens with two attached hydrogens (primary N) is 2. The van der Waals surface area contributed by atoms with Gasteiger partial charge in [0.05, 0.1) is 13.2 Å². The van der Waals surface area contributed by atoms with Gasteiger partial charge < -0.3 is 25.7 Å². The molecule has 0 aliphatic carbocycles. The highest BCUT2D eigenvalue weighted by Gasteiger charge is 2.37. The van der Waals surface area contributed by atoms with Gasteiger partial charge in [0, 0.05) is 60.4 Å². The number of halogens is 5. The van der Waals surface area contributed by atoms with Crippen LogP contribution in [0.1, 0.15) is 60.0 Å². The van der Waals surface area contributed by atoms with E-state index in [2.05, 4.69) is 61.7 Å². The number of hydrogen-bond acceptors (Lipinski definition) is 8. The maximum absolute atomic E-state index is 13.6. The summed E-state index contributed by atoms with van der Waals surface area (Å²) in [7, 11) is 6.65. The van der Waals surface area contributed by atoms with Crippen LogP contribution in [0.15, 0.2) is 97.1 Å². The Morgan fingerprint density at radius 1 is 0.727 bits per heavy atom. The van der Waals surface area contributed by atoms with Gasteiger partial charge in [0.25, 0.3) is 0 Å². The molecule has 2 aliphatic heterocycles. The summed E-state index contributed by atoms with van der Waals surface area (Å²) in [6.45, 7) is 0.380. The molecule has 2 unspecified atom stereocenters. The molecule has 6 atom stereocenters. The minimum Gasteiger partial charge on any atom is -0.489 e. The van der Waals surface area contributed by atoms with Gasteiger partial charge in [0.1, 0.15) is 42.4 Å². The van der Waals surface area contributed by atoms with Crippen LogP contribution < -0.4 is 20.9 Å². The number of primary amides is 2. The third-order valence-corrected chi connectivity index (χ3v) is 10.3. The van der Waals surface area contributed by atoms with Gasteiger partial charge in [0.2, 0.25) is 12.3 Å². The van der Waals surface area contributed by atoms with Gasteiger partial charge in [-0.05, 0) is 73.2 Å². The Hall–Kier alpha value is -2.28. The van der Waals surface area contributed by atoms with Gasteiger partial charge >= 0.3 is 5.97 Å². The van der Waals surface area contributed by atoms with E-state index in [1.807, 2.05) is 57.9 Å². The third kappa shape index (κ3) is 14.6. The third-order valence-electron chi connectivity index (χ3n) is 8.90. The Morgan fingerprint density at radius 2 is 1.09 bits per heavy atom. The molecule has 0 spiro atoms. The zero-order valence-electron chi connectivity index (χ0n) is 29.9. The summed E-state index contributed by atoms with van der Waals surface area (Å²) >= 11 is 4.24. The SMILES string of the molecule is COC(=O)[C@@H]1CC[C@H](c2ccc(OCc3ccccc3F)cc2)N1P.I.II.NC(=O)[C@@H]1CC[C@H](c2ccc(OCc3ccccc3F)cc2)N1P.NC=O. The molecule has 10 nitrogen and oxygen atoms in total. The zero-order chi connectivity index (χ0) is 39.6. The van der Waals surface area contributed by atoms with Crippen molar-refractivity contribution in [2.24, 2.45) is 11.5 Å². The molecule has 2 aliphatic rings. The van der Waals surface area contributed by atoms with Gasteiger partial charge in [-0.3, -0.25) is 23.7 Å². The number of methoxy groups -OCH3 is 1. The van der Waals surface area contributed by atoms with Crippen molar-refractivity contribution in [1.82, 2.24) is 9.34 Å². The molecular formula is C38H45F2I3N4O6P2.